The van der Waals surface area contributed by atoms with Crippen LogP contribution in [0.5, 0.6) is 0 Å². The quantitative estimate of drug-likeness (QED) is 0.881. The first-order valence-electron chi connectivity index (χ1n) is 7.39. The number of carbonyl (C=O) groups excluding carboxylic acids is 2. The van der Waals surface area contributed by atoms with E-state index in [1.165, 1.54) is 0 Å². The third-order valence-corrected chi connectivity index (χ3v) is 3.92. The minimum absolute atomic E-state index is 0.00609. The van der Waals surface area contributed by atoms with Gasteiger partial charge in [0.15, 0.2) is 0 Å². The summed E-state index contributed by atoms with van der Waals surface area (Å²) in [5, 5.41) is 2.09. The Bertz CT molecular complexity index is 531. The van der Waals surface area contributed by atoms with Crippen LogP contribution in [0.1, 0.15) is 31.9 Å². The van der Waals surface area contributed by atoms with Crippen LogP contribution in [0.15, 0.2) is 30.3 Å². The van der Waals surface area contributed by atoms with Gasteiger partial charge in [-0.3, -0.25) is 15.0 Å². The molecule has 3 N–H and O–H groups in total. The summed E-state index contributed by atoms with van der Waals surface area (Å²) in [5.41, 5.74) is 5.92. The first-order valence-corrected chi connectivity index (χ1v) is 7.39. The molecule has 120 valence electrons. The van der Waals surface area contributed by atoms with Crippen LogP contribution in [-0.2, 0) is 9.53 Å². The minimum atomic E-state index is -0.812. The fourth-order valence-corrected chi connectivity index (χ4v) is 2.60. The highest BCUT2D eigenvalue weighted by atomic mass is 16.5. The maximum atomic E-state index is 11.6. The number of hydrogen-bond acceptors (Lipinski definition) is 4. The number of urea groups is 1. The average Bonchev–Trinajstić information content (AvgIpc) is 2.46. The lowest BCUT2D eigenvalue weighted by Gasteiger charge is -2.45. The Morgan fingerprint density at radius 3 is 2.68 bits per heavy atom. The first-order chi connectivity index (χ1) is 10.4. The van der Waals surface area contributed by atoms with Crippen molar-refractivity contribution in [2.45, 2.75) is 31.9 Å². The van der Waals surface area contributed by atoms with E-state index < -0.39 is 6.03 Å². The second-order valence-electron chi connectivity index (χ2n) is 6.13. The van der Waals surface area contributed by atoms with E-state index in [1.54, 1.807) is 0 Å². The summed E-state index contributed by atoms with van der Waals surface area (Å²) >= 11 is 0. The molecule has 1 aliphatic rings. The van der Waals surface area contributed by atoms with E-state index in [9.17, 15) is 9.59 Å². The number of imide groups is 1. The molecule has 6 heteroatoms. The fourth-order valence-electron chi connectivity index (χ4n) is 2.60. The molecular formula is C16H23N3O3. The van der Waals surface area contributed by atoms with E-state index in [2.05, 4.69) is 24.1 Å². The summed E-state index contributed by atoms with van der Waals surface area (Å²) in [6, 6.07) is 9.23. The van der Waals surface area contributed by atoms with Crippen molar-refractivity contribution >= 4 is 11.9 Å². The standard InChI is InChI=1S/C16H23N3O3/c1-16(2)11-22-13(12-6-4-3-5-7-12)10-19(16)9-8-14(20)18-15(17)21/h3-7,13H,8-11H2,1-2H3,(H3,17,18,20,21)/t13-/m1/s1. The maximum absolute atomic E-state index is 11.6. The van der Waals surface area contributed by atoms with Gasteiger partial charge in [-0.25, -0.2) is 4.79 Å². The molecule has 0 spiro atoms. The second-order valence-corrected chi connectivity index (χ2v) is 6.13. The van der Waals surface area contributed by atoms with Crippen LogP contribution in [0.4, 0.5) is 4.79 Å². The molecule has 1 heterocycles. The molecule has 1 aromatic carbocycles. The van der Waals surface area contributed by atoms with Crippen molar-refractivity contribution in [3.05, 3.63) is 35.9 Å². The summed E-state index contributed by atoms with van der Waals surface area (Å²) in [7, 11) is 0. The molecule has 22 heavy (non-hydrogen) atoms. The average molecular weight is 305 g/mol. The van der Waals surface area contributed by atoms with Crippen molar-refractivity contribution in [1.82, 2.24) is 10.2 Å². The number of nitrogens with zero attached hydrogens (tertiary/aromatic N) is 1. The van der Waals surface area contributed by atoms with Crippen molar-refractivity contribution in [3.8, 4) is 0 Å². The molecule has 0 radical (unpaired) electrons. The zero-order chi connectivity index (χ0) is 16.2. The van der Waals surface area contributed by atoms with Crippen molar-refractivity contribution in [2.24, 2.45) is 5.73 Å². The fraction of sp³-hybridized carbons (Fsp3) is 0.500. The highest BCUT2D eigenvalue weighted by molar-refractivity contribution is 5.93. The van der Waals surface area contributed by atoms with Crippen LogP contribution in [0.2, 0.25) is 0 Å². The van der Waals surface area contributed by atoms with Gasteiger partial charge in [0.05, 0.1) is 12.7 Å². The Morgan fingerprint density at radius 2 is 2.05 bits per heavy atom. The smallest absolute Gasteiger partial charge is 0.318 e. The highest BCUT2D eigenvalue weighted by Crippen LogP contribution is 2.30. The van der Waals surface area contributed by atoms with Gasteiger partial charge in [0.2, 0.25) is 5.91 Å². The number of benzene rings is 1. The van der Waals surface area contributed by atoms with Crippen molar-refractivity contribution in [3.63, 3.8) is 0 Å². The Hall–Kier alpha value is -1.92. The molecule has 1 aliphatic heterocycles. The Kier molecular flexibility index (Phi) is 5.15. The number of ether oxygens (including phenoxy) is 1. The van der Waals surface area contributed by atoms with Gasteiger partial charge in [0.1, 0.15) is 0 Å². The molecule has 1 atom stereocenters. The highest BCUT2D eigenvalue weighted by Gasteiger charge is 2.35. The number of morpholine rings is 1. The van der Waals surface area contributed by atoms with E-state index in [-0.39, 0.29) is 24.0 Å². The lowest BCUT2D eigenvalue weighted by molar-refractivity contribution is -0.124. The molecule has 1 fully saturated rings. The van der Waals surface area contributed by atoms with Crippen molar-refractivity contribution < 1.29 is 14.3 Å². The topological polar surface area (TPSA) is 84.7 Å². The van der Waals surface area contributed by atoms with E-state index in [4.69, 9.17) is 10.5 Å². The molecule has 0 saturated carbocycles. The van der Waals surface area contributed by atoms with Gasteiger partial charge in [0.25, 0.3) is 0 Å². The van der Waals surface area contributed by atoms with Gasteiger partial charge in [-0.05, 0) is 19.4 Å². The Balaban J connectivity index is 1.97. The molecular weight excluding hydrogens is 282 g/mol. The third-order valence-electron chi connectivity index (χ3n) is 3.92. The maximum Gasteiger partial charge on any atom is 0.318 e. The number of nitrogens with one attached hydrogen (secondary N) is 1. The summed E-state index contributed by atoms with van der Waals surface area (Å²) < 4.78 is 5.96. The second kappa shape index (κ2) is 6.89. The number of amides is 3. The minimum Gasteiger partial charge on any atom is -0.370 e. The summed E-state index contributed by atoms with van der Waals surface area (Å²) in [4.78, 5) is 24.5. The molecule has 6 nitrogen and oxygen atoms in total. The van der Waals surface area contributed by atoms with Gasteiger partial charge in [-0.15, -0.1) is 0 Å². The molecule has 0 unspecified atom stereocenters. The van der Waals surface area contributed by atoms with E-state index in [1.807, 2.05) is 30.3 Å². The lowest BCUT2D eigenvalue weighted by Crippen LogP contribution is -2.54. The van der Waals surface area contributed by atoms with Gasteiger partial charge in [-0.2, -0.15) is 0 Å². The van der Waals surface area contributed by atoms with Crippen LogP contribution in [-0.4, -0.2) is 42.1 Å². The Labute approximate surface area is 130 Å². The largest absolute Gasteiger partial charge is 0.370 e. The Morgan fingerprint density at radius 1 is 1.36 bits per heavy atom. The normalized spacial score (nSPS) is 21.3. The zero-order valence-electron chi connectivity index (χ0n) is 13.0. The van der Waals surface area contributed by atoms with Gasteiger partial charge < -0.3 is 10.5 Å². The molecule has 0 aliphatic carbocycles. The van der Waals surface area contributed by atoms with E-state index in [0.29, 0.717) is 19.7 Å². The van der Waals surface area contributed by atoms with Crippen LogP contribution in [0, 0.1) is 0 Å². The first kappa shape index (κ1) is 16.5. The number of hydrogen-bond donors (Lipinski definition) is 2. The predicted octanol–water partition coefficient (Wildman–Crippen LogP) is 1.42. The number of nitrogens with two attached hydrogens (primary N) is 1. The number of carbonyl (C=O) groups is 2. The SMILES string of the molecule is CC1(C)CO[C@@H](c2ccccc2)CN1CCC(=O)NC(N)=O. The number of primary amides is 1. The zero-order valence-corrected chi connectivity index (χ0v) is 13.0. The van der Waals surface area contributed by atoms with Crippen molar-refractivity contribution in [1.29, 1.82) is 0 Å². The molecule has 0 bridgehead atoms. The molecule has 0 aromatic heterocycles. The molecule has 1 aromatic rings. The van der Waals surface area contributed by atoms with Gasteiger partial charge in [-0.1, -0.05) is 30.3 Å². The van der Waals surface area contributed by atoms with Crippen LogP contribution in [0.3, 0.4) is 0 Å². The van der Waals surface area contributed by atoms with Crippen LogP contribution in [0.25, 0.3) is 0 Å². The van der Waals surface area contributed by atoms with Gasteiger partial charge in [0, 0.05) is 25.0 Å². The van der Waals surface area contributed by atoms with Crippen LogP contribution < -0.4 is 11.1 Å². The van der Waals surface area contributed by atoms with E-state index >= 15 is 0 Å². The van der Waals surface area contributed by atoms with Crippen molar-refractivity contribution in [2.75, 3.05) is 19.7 Å². The summed E-state index contributed by atoms with van der Waals surface area (Å²) in [5.74, 6) is -0.356. The van der Waals surface area contributed by atoms with Crippen LogP contribution >= 0.6 is 0 Å². The summed E-state index contributed by atoms with van der Waals surface area (Å²) in [6.07, 6.45) is 0.224. The molecule has 3 amide bonds. The molecule has 1 saturated heterocycles. The van der Waals surface area contributed by atoms with Gasteiger partial charge >= 0.3 is 6.03 Å². The third kappa shape index (κ3) is 4.29. The monoisotopic (exact) mass is 305 g/mol. The summed E-state index contributed by atoms with van der Waals surface area (Å²) in [6.45, 7) is 6.02. The lowest BCUT2D eigenvalue weighted by atomic mass is 9.98. The molecule has 2 rings (SSSR count). The van der Waals surface area contributed by atoms with E-state index in [0.717, 1.165) is 5.56 Å². The predicted molar refractivity (Wildman–Crippen MR) is 83.1 cm³/mol. The number of rotatable bonds is 4.